The predicted octanol–water partition coefficient (Wildman–Crippen LogP) is 5.64. The SMILES string of the molecule is CC(NC(c1ccccc1)C(C)C)c1ccc(F)c(Br)c1. The minimum absolute atomic E-state index is 0.148. The van der Waals surface area contributed by atoms with E-state index in [2.05, 4.69) is 66.3 Å². The fourth-order valence-electron chi connectivity index (χ4n) is 2.48. The summed E-state index contributed by atoms with van der Waals surface area (Å²) >= 11 is 3.25. The molecule has 2 aromatic rings. The van der Waals surface area contributed by atoms with Crippen LogP contribution in [0.5, 0.6) is 0 Å². The van der Waals surface area contributed by atoms with E-state index < -0.39 is 0 Å². The largest absolute Gasteiger partial charge is 0.303 e. The maximum Gasteiger partial charge on any atom is 0.137 e. The van der Waals surface area contributed by atoms with Gasteiger partial charge in [0.25, 0.3) is 0 Å². The lowest BCUT2D eigenvalue weighted by Crippen LogP contribution is -2.28. The Bertz CT molecular complexity index is 583. The Hall–Kier alpha value is -1.19. The van der Waals surface area contributed by atoms with Crippen molar-refractivity contribution in [3.8, 4) is 0 Å². The zero-order chi connectivity index (χ0) is 15.4. The lowest BCUT2D eigenvalue weighted by molar-refractivity contribution is 0.374. The standard InChI is InChI=1S/C18H21BrFN/c1-12(2)18(14-7-5-4-6-8-14)21-13(3)15-9-10-17(20)16(19)11-15/h4-13,18,21H,1-3H3. The highest BCUT2D eigenvalue weighted by molar-refractivity contribution is 9.10. The van der Waals surface area contributed by atoms with Crippen molar-refractivity contribution in [3.63, 3.8) is 0 Å². The Morgan fingerprint density at radius 1 is 0.952 bits per heavy atom. The molecular weight excluding hydrogens is 329 g/mol. The van der Waals surface area contributed by atoms with Crippen molar-refractivity contribution >= 4 is 15.9 Å². The fourth-order valence-corrected chi connectivity index (χ4v) is 2.88. The molecule has 0 aromatic heterocycles. The third-order valence-corrected chi connectivity index (χ3v) is 4.31. The maximum absolute atomic E-state index is 13.4. The van der Waals surface area contributed by atoms with E-state index in [9.17, 15) is 4.39 Å². The lowest BCUT2D eigenvalue weighted by atomic mass is 9.94. The van der Waals surface area contributed by atoms with Crippen LogP contribution in [-0.4, -0.2) is 0 Å². The average molecular weight is 350 g/mol. The van der Waals surface area contributed by atoms with Gasteiger partial charge in [-0.3, -0.25) is 0 Å². The summed E-state index contributed by atoms with van der Waals surface area (Å²) in [6.45, 7) is 6.52. The van der Waals surface area contributed by atoms with Crippen molar-refractivity contribution in [1.29, 1.82) is 0 Å². The second-order valence-corrected chi connectivity index (χ2v) is 6.55. The highest BCUT2D eigenvalue weighted by Gasteiger charge is 2.19. The van der Waals surface area contributed by atoms with Crippen molar-refractivity contribution in [3.05, 3.63) is 69.9 Å². The van der Waals surface area contributed by atoms with Gasteiger partial charge in [-0.25, -0.2) is 4.39 Å². The molecule has 1 N–H and O–H groups in total. The van der Waals surface area contributed by atoms with Gasteiger partial charge in [-0.2, -0.15) is 0 Å². The molecule has 1 nitrogen and oxygen atoms in total. The molecular formula is C18H21BrFN. The molecule has 0 aliphatic heterocycles. The third kappa shape index (κ3) is 4.14. The van der Waals surface area contributed by atoms with E-state index in [4.69, 9.17) is 0 Å². The lowest BCUT2D eigenvalue weighted by Gasteiger charge is -2.27. The van der Waals surface area contributed by atoms with Crippen LogP contribution in [0.3, 0.4) is 0 Å². The quantitative estimate of drug-likeness (QED) is 0.736. The Morgan fingerprint density at radius 3 is 2.19 bits per heavy atom. The summed E-state index contributed by atoms with van der Waals surface area (Å²) in [5, 5.41) is 3.65. The van der Waals surface area contributed by atoms with E-state index in [1.807, 2.05) is 18.2 Å². The number of halogens is 2. The summed E-state index contributed by atoms with van der Waals surface area (Å²) in [4.78, 5) is 0. The first-order valence-corrected chi connectivity index (χ1v) is 8.04. The molecule has 3 heteroatoms. The monoisotopic (exact) mass is 349 g/mol. The number of nitrogens with one attached hydrogen (secondary N) is 1. The van der Waals surface area contributed by atoms with Crippen molar-refractivity contribution in [2.75, 3.05) is 0 Å². The first-order chi connectivity index (χ1) is 9.99. The van der Waals surface area contributed by atoms with Crippen molar-refractivity contribution in [2.24, 2.45) is 5.92 Å². The highest BCUT2D eigenvalue weighted by Crippen LogP contribution is 2.27. The van der Waals surface area contributed by atoms with Gasteiger partial charge in [0.15, 0.2) is 0 Å². The molecule has 0 aliphatic rings. The second kappa shape index (κ2) is 7.19. The first kappa shape index (κ1) is 16.2. The van der Waals surface area contributed by atoms with Gasteiger partial charge in [-0.1, -0.05) is 50.2 Å². The Kier molecular flexibility index (Phi) is 5.54. The zero-order valence-electron chi connectivity index (χ0n) is 12.6. The summed E-state index contributed by atoms with van der Waals surface area (Å²) in [5.74, 6) is 0.244. The Morgan fingerprint density at radius 2 is 1.62 bits per heavy atom. The molecule has 21 heavy (non-hydrogen) atoms. The van der Waals surface area contributed by atoms with Crippen molar-refractivity contribution in [1.82, 2.24) is 5.32 Å². The van der Waals surface area contributed by atoms with Crippen LogP contribution in [0.2, 0.25) is 0 Å². The first-order valence-electron chi connectivity index (χ1n) is 7.25. The van der Waals surface area contributed by atoms with E-state index in [1.165, 1.54) is 11.6 Å². The van der Waals surface area contributed by atoms with Crippen LogP contribution in [0, 0.1) is 11.7 Å². The molecule has 0 bridgehead atoms. The molecule has 0 spiro atoms. The topological polar surface area (TPSA) is 12.0 Å². The van der Waals surface area contributed by atoms with Crippen LogP contribution in [0.1, 0.15) is 44.0 Å². The van der Waals surface area contributed by atoms with Crippen LogP contribution >= 0.6 is 15.9 Å². The molecule has 2 unspecified atom stereocenters. The van der Waals surface area contributed by atoms with Crippen LogP contribution in [0.15, 0.2) is 53.0 Å². The molecule has 2 rings (SSSR count). The average Bonchev–Trinajstić information content (AvgIpc) is 2.48. The zero-order valence-corrected chi connectivity index (χ0v) is 14.2. The number of hydrogen-bond donors (Lipinski definition) is 1. The predicted molar refractivity (Wildman–Crippen MR) is 89.7 cm³/mol. The summed E-state index contributed by atoms with van der Waals surface area (Å²) in [5.41, 5.74) is 2.35. The van der Waals surface area contributed by atoms with E-state index in [0.717, 1.165) is 5.56 Å². The van der Waals surface area contributed by atoms with Crippen molar-refractivity contribution in [2.45, 2.75) is 32.9 Å². The third-order valence-electron chi connectivity index (χ3n) is 3.70. The molecule has 2 aromatic carbocycles. The molecule has 0 amide bonds. The normalized spacial score (nSPS) is 14.2. The van der Waals surface area contributed by atoms with Gasteiger partial charge < -0.3 is 5.32 Å². The summed E-state index contributed by atoms with van der Waals surface area (Å²) in [7, 11) is 0. The summed E-state index contributed by atoms with van der Waals surface area (Å²) < 4.78 is 13.9. The van der Waals surface area contributed by atoms with Crippen molar-refractivity contribution < 1.29 is 4.39 Å². The van der Waals surface area contributed by atoms with Gasteiger partial charge in [0, 0.05) is 12.1 Å². The number of hydrogen-bond acceptors (Lipinski definition) is 1. The minimum atomic E-state index is -0.227. The Labute approximate surface area is 134 Å². The number of rotatable bonds is 5. The van der Waals surface area contributed by atoms with Crippen LogP contribution in [-0.2, 0) is 0 Å². The summed E-state index contributed by atoms with van der Waals surface area (Å²) in [6.07, 6.45) is 0. The van der Waals surface area contributed by atoms with Gasteiger partial charge in [-0.05, 0) is 52.0 Å². The summed E-state index contributed by atoms with van der Waals surface area (Å²) in [6, 6.07) is 16.0. The highest BCUT2D eigenvalue weighted by atomic mass is 79.9. The number of benzene rings is 2. The van der Waals surface area contributed by atoms with E-state index >= 15 is 0 Å². The van der Waals surface area contributed by atoms with Crippen LogP contribution in [0.25, 0.3) is 0 Å². The maximum atomic E-state index is 13.4. The van der Waals surface area contributed by atoms with Gasteiger partial charge in [0.2, 0.25) is 0 Å². The van der Waals surface area contributed by atoms with E-state index in [0.29, 0.717) is 10.4 Å². The van der Waals surface area contributed by atoms with Crippen LogP contribution in [0.4, 0.5) is 4.39 Å². The molecule has 0 aliphatic carbocycles. The Balaban J connectivity index is 2.18. The van der Waals surface area contributed by atoms with Gasteiger partial charge >= 0.3 is 0 Å². The van der Waals surface area contributed by atoms with Crippen LogP contribution < -0.4 is 5.32 Å². The minimum Gasteiger partial charge on any atom is -0.303 e. The molecule has 0 saturated heterocycles. The molecule has 0 fully saturated rings. The van der Waals surface area contributed by atoms with Gasteiger partial charge in [-0.15, -0.1) is 0 Å². The van der Waals surface area contributed by atoms with E-state index in [-0.39, 0.29) is 17.9 Å². The molecule has 112 valence electrons. The van der Waals surface area contributed by atoms with Gasteiger partial charge in [0.1, 0.15) is 5.82 Å². The molecule has 0 heterocycles. The fraction of sp³-hybridized carbons (Fsp3) is 0.333. The molecule has 2 atom stereocenters. The second-order valence-electron chi connectivity index (χ2n) is 5.69. The van der Waals surface area contributed by atoms with E-state index in [1.54, 1.807) is 0 Å². The smallest absolute Gasteiger partial charge is 0.137 e. The van der Waals surface area contributed by atoms with Gasteiger partial charge in [0.05, 0.1) is 4.47 Å². The molecule has 0 radical (unpaired) electrons. The molecule has 0 saturated carbocycles.